The predicted molar refractivity (Wildman–Crippen MR) is 91.8 cm³/mol. The zero-order valence-electron chi connectivity index (χ0n) is 13.8. The summed E-state index contributed by atoms with van der Waals surface area (Å²) >= 11 is 0. The normalized spacial score (nSPS) is 10.5. The molecule has 3 aromatic rings. The van der Waals surface area contributed by atoms with Gasteiger partial charge in [-0.1, -0.05) is 23.4 Å². The molecule has 0 atom stereocenters. The Balaban J connectivity index is 1.86. The van der Waals surface area contributed by atoms with Crippen molar-refractivity contribution in [2.45, 2.75) is 13.8 Å². The van der Waals surface area contributed by atoms with E-state index in [9.17, 15) is 4.79 Å². The van der Waals surface area contributed by atoms with Crippen LogP contribution in [0.25, 0.3) is 5.69 Å². The van der Waals surface area contributed by atoms with Gasteiger partial charge in [0.05, 0.1) is 18.5 Å². The highest BCUT2D eigenvalue weighted by atomic mass is 16.5. The first kappa shape index (κ1) is 15.7. The van der Waals surface area contributed by atoms with Crippen LogP contribution < -0.4 is 10.1 Å². The number of nitrogens with zero attached hydrogens (tertiary/aromatic N) is 3. The fraction of sp³-hybridized carbons (Fsp3) is 0.167. The maximum absolute atomic E-state index is 12.5. The molecule has 0 spiro atoms. The van der Waals surface area contributed by atoms with Crippen LogP contribution in [0, 0.1) is 13.8 Å². The van der Waals surface area contributed by atoms with E-state index >= 15 is 0 Å². The van der Waals surface area contributed by atoms with Gasteiger partial charge in [-0.15, -0.1) is 5.10 Å². The molecule has 1 N–H and O–H groups in total. The summed E-state index contributed by atoms with van der Waals surface area (Å²) in [6, 6.07) is 15.0. The number of rotatable bonds is 4. The van der Waals surface area contributed by atoms with Gasteiger partial charge in [0, 0.05) is 5.69 Å². The van der Waals surface area contributed by atoms with Gasteiger partial charge >= 0.3 is 0 Å². The van der Waals surface area contributed by atoms with E-state index < -0.39 is 0 Å². The quantitative estimate of drug-likeness (QED) is 0.801. The molecule has 6 nitrogen and oxygen atoms in total. The molecule has 0 aliphatic carbocycles. The zero-order chi connectivity index (χ0) is 17.1. The lowest BCUT2D eigenvalue weighted by Crippen LogP contribution is -2.15. The maximum atomic E-state index is 12.5. The molecule has 122 valence electrons. The average Bonchev–Trinajstić information content (AvgIpc) is 2.98. The Morgan fingerprint density at radius 3 is 2.46 bits per heavy atom. The highest BCUT2D eigenvalue weighted by molar-refractivity contribution is 6.03. The van der Waals surface area contributed by atoms with Crippen LogP contribution in [0.15, 0.2) is 48.5 Å². The smallest absolute Gasteiger partial charge is 0.278 e. The first-order chi connectivity index (χ1) is 11.6. The largest absolute Gasteiger partial charge is 0.497 e. The van der Waals surface area contributed by atoms with Crippen LogP contribution in [0.1, 0.15) is 21.7 Å². The van der Waals surface area contributed by atoms with Crippen molar-refractivity contribution in [1.82, 2.24) is 15.0 Å². The summed E-state index contributed by atoms with van der Waals surface area (Å²) in [5.74, 6) is 0.482. The SMILES string of the molecule is COc1ccc(-n2nnc(C(=O)Nc3ccccc3C)c2C)cc1. The number of amides is 1. The predicted octanol–water partition coefficient (Wildman–Crippen LogP) is 3.15. The Hall–Kier alpha value is -3.15. The molecule has 6 heteroatoms. The van der Waals surface area contributed by atoms with Crippen LogP contribution in [0.2, 0.25) is 0 Å². The number of hydrogen-bond donors (Lipinski definition) is 1. The Kier molecular flexibility index (Phi) is 4.29. The van der Waals surface area contributed by atoms with E-state index in [-0.39, 0.29) is 5.91 Å². The van der Waals surface area contributed by atoms with Gasteiger partial charge in [0.25, 0.3) is 5.91 Å². The molecule has 1 aromatic heterocycles. The van der Waals surface area contributed by atoms with Gasteiger partial charge in [-0.2, -0.15) is 0 Å². The molecule has 0 bridgehead atoms. The molecule has 0 fully saturated rings. The molecule has 0 aliphatic rings. The van der Waals surface area contributed by atoms with E-state index in [0.29, 0.717) is 11.4 Å². The van der Waals surface area contributed by atoms with Gasteiger partial charge < -0.3 is 10.1 Å². The lowest BCUT2D eigenvalue weighted by Gasteiger charge is -2.07. The Morgan fingerprint density at radius 1 is 1.08 bits per heavy atom. The van der Waals surface area contributed by atoms with Crippen LogP contribution in [-0.4, -0.2) is 28.0 Å². The molecule has 24 heavy (non-hydrogen) atoms. The number of aromatic nitrogens is 3. The number of anilines is 1. The number of benzene rings is 2. The van der Waals surface area contributed by atoms with Gasteiger partial charge in [0.15, 0.2) is 5.69 Å². The standard InChI is InChI=1S/C18H18N4O2/c1-12-6-4-5-7-16(12)19-18(23)17-13(2)22(21-20-17)14-8-10-15(24-3)11-9-14/h4-11H,1-3H3,(H,19,23). The second kappa shape index (κ2) is 6.54. The molecule has 0 saturated heterocycles. The van der Waals surface area contributed by atoms with Crippen LogP contribution in [0.5, 0.6) is 5.75 Å². The van der Waals surface area contributed by atoms with Crippen molar-refractivity contribution in [3.63, 3.8) is 0 Å². The first-order valence-corrected chi connectivity index (χ1v) is 7.54. The van der Waals surface area contributed by atoms with E-state index in [1.165, 1.54) is 0 Å². The fourth-order valence-electron chi connectivity index (χ4n) is 2.40. The van der Waals surface area contributed by atoms with Crippen molar-refractivity contribution in [2.75, 3.05) is 12.4 Å². The van der Waals surface area contributed by atoms with Gasteiger partial charge in [-0.25, -0.2) is 4.68 Å². The number of para-hydroxylation sites is 1. The topological polar surface area (TPSA) is 69.0 Å². The first-order valence-electron chi connectivity index (χ1n) is 7.54. The minimum absolute atomic E-state index is 0.276. The van der Waals surface area contributed by atoms with E-state index in [0.717, 1.165) is 22.7 Å². The average molecular weight is 322 g/mol. The molecule has 2 aromatic carbocycles. The number of hydrogen-bond acceptors (Lipinski definition) is 4. The molecule has 1 heterocycles. The molecular weight excluding hydrogens is 304 g/mol. The third kappa shape index (κ3) is 2.99. The van der Waals surface area contributed by atoms with Gasteiger partial charge in [0.1, 0.15) is 5.75 Å². The monoisotopic (exact) mass is 322 g/mol. The maximum Gasteiger partial charge on any atom is 0.278 e. The summed E-state index contributed by atoms with van der Waals surface area (Å²) in [4.78, 5) is 12.5. The minimum Gasteiger partial charge on any atom is -0.497 e. The summed E-state index contributed by atoms with van der Waals surface area (Å²) in [6.07, 6.45) is 0. The van der Waals surface area contributed by atoms with E-state index in [4.69, 9.17) is 4.74 Å². The van der Waals surface area contributed by atoms with Crippen molar-refractivity contribution in [3.05, 3.63) is 65.5 Å². The Morgan fingerprint density at radius 2 is 1.79 bits per heavy atom. The van der Waals surface area contributed by atoms with E-state index in [1.54, 1.807) is 11.8 Å². The fourth-order valence-corrected chi connectivity index (χ4v) is 2.40. The minimum atomic E-state index is -0.276. The van der Waals surface area contributed by atoms with Crippen LogP contribution >= 0.6 is 0 Å². The highest BCUT2D eigenvalue weighted by Crippen LogP contribution is 2.18. The summed E-state index contributed by atoms with van der Waals surface area (Å²) in [6.45, 7) is 3.76. The summed E-state index contributed by atoms with van der Waals surface area (Å²) in [5, 5.41) is 11.0. The molecular formula is C18H18N4O2. The van der Waals surface area contributed by atoms with Crippen molar-refractivity contribution < 1.29 is 9.53 Å². The van der Waals surface area contributed by atoms with Gasteiger partial charge in [0.2, 0.25) is 0 Å². The molecule has 0 saturated carbocycles. The van der Waals surface area contributed by atoms with Crippen LogP contribution in [-0.2, 0) is 0 Å². The highest BCUT2D eigenvalue weighted by Gasteiger charge is 2.18. The second-order valence-electron chi connectivity index (χ2n) is 5.40. The number of aryl methyl sites for hydroxylation is 1. The van der Waals surface area contributed by atoms with Crippen molar-refractivity contribution in [1.29, 1.82) is 0 Å². The van der Waals surface area contributed by atoms with Crippen molar-refractivity contribution >= 4 is 11.6 Å². The Bertz CT molecular complexity index is 869. The molecule has 0 unspecified atom stereocenters. The number of ether oxygens (including phenoxy) is 1. The third-order valence-corrected chi connectivity index (χ3v) is 3.82. The summed E-state index contributed by atoms with van der Waals surface area (Å²) in [7, 11) is 1.61. The molecule has 0 aliphatic heterocycles. The summed E-state index contributed by atoms with van der Waals surface area (Å²) < 4.78 is 6.78. The number of carbonyl (C=O) groups excluding carboxylic acids is 1. The van der Waals surface area contributed by atoms with Crippen molar-refractivity contribution in [2.24, 2.45) is 0 Å². The third-order valence-electron chi connectivity index (χ3n) is 3.82. The van der Waals surface area contributed by atoms with Crippen LogP contribution in [0.4, 0.5) is 5.69 Å². The number of carbonyl (C=O) groups is 1. The Labute approximate surface area is 140 Å². The second-order valence-corrected chi connectivity index (χ2v) is 5.40. The van der Waals surface area contributed by atoms with Gasteiger partial charge in [-0.05, 0) is 49.7 Å². The summed E-state index contributed by atoms with van der Waals surface area (Å²) in [5.41, 5.74) is 3.54. The molecule has 1 amide bonds. The number of methoxy groups -OCH3 is 1. The van der Waals surface area contributed by atoms with Crippen LogP contribution in [0.3, 0.4) is 0 Å². The van der Waals surface area contributed by atoms with E-state index in [2.05, 4.69) is 15.6 Å². The van der Waals surface area contributed by atoms with Crippen molar-refractivity contribution in [3.8, 4) is 11.4 Å². The zero-order valence-corrected chi connectivity index (χ0v) is 13.8. The number of nitrogens with one attached hydrogen (secondary N) is 1. The van der Waals surface area contributed by atoms with Gasteiger partial charge in [-0.3, -0.25) is 4.79 Å². The lowest BCUT2D eigenvalue weighted by molar-refractivity contribution is 0.102. The van der Waals surface area contributed by atoms with E-state index in [1.807, 2.05) is 62.4 Å². The molecule has 0 radical (unpaired) electrons. The molecule has 3 rings (SSSR count). The lowest BCUT2D eigenvalue weighted by atomic mass is 10.2.